The molecule has 0 aromatic heterocycles. The highest BCUT2D eigenvalue weighted by atomic mass is 35.5. The van der Waals surface area contributed by atoms with Gasteiger partial charge in [0.15, 0.2) is 0 Å². The van der Waals surface area contributed by atoms with E-state index in [1.54, 1.807) is 19.1 Å². The molecule has 2 aromatic carbocycles. The van der Waals surface area contributed by atoms with Crippen molar-refractivity contribution in [1.82, 2.24) is 0 Å². The molecule has 0 N–H and O–H groups in total. The van der Waals surface area contributed by atoms with Crippen molar-refractivity contribution in [2.24, 2.45) is 5.92 Å². The van der Waals surface area contributed by atoms with E-state index in [4.69, 9.17) is 27.9 Å². The average molecular weight is 351 g/mol. The Hall–Kier alpha value is -1.51. The Labute approximate surface area is 147 Å². The van der Waals surface area contributed by atoms with Gasteiger partial charge >= 0.3 is 0 Å². The fourth-order valence-electron chi connectivity index (χ4n) is 2.51. The van der Waals surface area contributed by atoms with E-state index in [0.29, 0.717) is 29.0 Å². The molecule has 4 heteroatoms. The van der Waals surface area contributed by atoms with E-state index < -0.39 is 0 Å². The fraction of sp³-hybridized carbons (Fsp3) is 0.316. The molecular weight excluding hydrogens is 331 g/mol. The van der Waals surface area contributed by atoms with Crippen LogP contribution in [0.3, 0.4) is 0 Å². The van der Waals surface area contributed by atoms with Crippen LogP contribution in [-0.2, 0) is 17.8 Å². The summed E-state index contributed by atoms with van der Waals surface area (Å²) >= 11 is 12.3. The van der Waals surface area contributed by atoms with Gasteiger partial charge in [0.1, 0.15) is 18.1 Å². The average Bonchev–Trinajstić information content (AvgIpc) is 2.47. The van der Waals surface area contributed by atoms with Crippen LogP contribution in [0.25, 0.3) is 0 Å². The van der Waals surface area contributed by atoms with E-state index in [1.165, 1.54) is 5.56 Å². The molecule has 0 bridgehead atoms. The largest absolute Gasteiger partial charge is 0.489 e. The van der Waals surface area contributed by atoms with E-state index in [2.05, 4.69) is 6.92 Å². The van der Waals surface area contributed by atoms with Gasteiger partial charge in [0.25, 0.3) is 0 Å². The highest BCUT2D eigenvalue weighted by molar-refractivity contribution is 6.35. The third kappa shape index (κ3) is 5.56. The molecule has 0 aliphatic rings. The Bertz CT molecular complexity index is 645. The fourth-order valence-corrected chi connectivity index (χ4v) is 3.02. The highest BCUT2D eigenvalue weighted by Gasteiger charge is 2.08. The number of Topliss-reactive ketones (excluding diaryl/α,β-unsaturated/α-hetero) is 1. The topological polar surface area (TPSA) is 26.3 Å². The minimum Gasteiger partial charge on any atom is -0.489 e. The molecule has 122 valence electrons. The summed E-state index contributed by atoms with van der Waals surface area (Å²) in [4.78, 5) is 11.1. The molecule has 0 saturated carbocycles. The first kappa shape index (κ1) is 17.8. The van der Waals surface area contributed by atoms with Gasteiger partial charge < -0.3 is 9.53 Å². The summed E-state index contributed by atoms with van der Waals surface area (Å²) in [6.45, 7) is 4.05. The van der Waals surface area contributed by atoms with E-state index in [-0.39, 0.29) is 5.78 Å². The lowest BCUT2D eigenvalue weighted by molar-refractivity contribution is -0.117. The standard InChI is InChI=1S/C19H20Cl2O2/c1-13(10-14(2)22)11-15-6-8-16(9-7-15)23-12-17-18(20)4-3-5-19(17)21/h3-9,13H,10-12H2,1-2H3/t13-/m1/s1. The van der Waals surface area contributed by atoms with Gasteiger partial charge in [-0.15, -0.1) is 0 Å². The van der Waals surface area contributed by atoms with E-state index in [1.807, 2.05) is 30.3 Å². The summed E-state index contributed by atoms with van der Waals surface area (Å²) in [5.74, 6) is 1.35. The molecular formula is C19H20Cl2O2. The van der Waals surface area contributed by atoms with E-state index in [9.17, 15) is 4.79 Å². The second-order valence-corrected chi connectivity index (χ2v) is 6.66. The first-order valence-electron chi connectivity index (χ1n) is 7.59. The molecule has 0 spiro atoms. The van der Waals surface area contributed by atoms with Gasteiger partial charge in [0.05, 0.1) is 0 Å². The van der Waals surface area contributed by atoms with Crippen molar-refractivity contribution in [1.29, 1.82) is 0 Å². The number of hydrogen-bond donors (Lipinski definition) is 0. The molecule has 0 fully saturated rings. The predicted octanol–water partition coefficient (Wildman–Crippen LogP) is 5.73. The van der Waals surface area contributed by atoms with Crippen LogP contribution >= 0.6 is 23.2 Å². The van der Waals surface area contributed by atoms with Crippen LogP contribution in [-0.4, -0.2) is 5.78 Å². The van der Waals surface area contributed by atoms with Gasteiger partial charge in [0.2, 0.25) is 0 Å². The van der Waals surface area contributed by atoms with Crippen LogP contribution < -0.4 is 4.74 Å². The van der Waals surface area contributed by atoms with Crippen LogP contribution in [0.5, 0.6) is 5.75 Å². The molecule has 23 heavy (non-hydrogen) atoms. The summed E-state index contributed by atoms with van der Waals surface area (Å²) in [5.41, 5.74) is 1.98. The lowest BCUT2D eigenvalue weighted by atomic mass is 9.96. The third-order valence-electron chi connectivity index (χ3n) is 3.59. The number of carbonyl (C=O) groups excluding carboxylic acids is 1. The maximum Gasteiger partial charge on any atom is 0.130 e. The molecule has 2 nitrogen and oxygen atoms in total. The predicted molar refractivity (Wildman–Crippen MR) is 95.4 cm³/mol. The smallest absolute Gasteiger partial charge is 0.130 e. The summed E-state index contributed by atoms with van der Waals surface area (Å²) in [6.07, 6.45) is 1.50. The zero-order valence-electron chi connectivity index (χ0n) is 13.3. The molecule has 0 aliphatic heterocycles. The maximum atomic E-state index is 11.1. The Balaban J connectivity index is 1.94. The van der Waals surface area contributed by atoms with Crippen LogP contribution in [0.15, 0.2) is 42.5 Å². The SMILES string of the molecule is CC(=O)C[C@@H](C)Cc1ccc(OCc2c(Cl)cccc2Cl)cc1. The molecule has 1 atom stereocenters. The lowest BCUT2D eigenvalue weighted by Gasteiger charge is -2.12. The molecule has 2 rings (SSSR count). The second kappa shape index (κ2) is 8.37. The molecule has 0 heterocycles. The number of rotatable bonds is 7. The van der Waals surface area contributed by atoms with Gasteiger partial charge in [-0.25, -0.2) is 0 Å². The summed E-state index contributed by atoms with van der Waals surface area (Å²) in [5, 5.41) is 1.21. The normalized spacial score (nSPS) is 12.0. The first-order valence-corrected chi connectivity index (χ1v) is 8.35. The Morgan fingerprint density at radius 1 is 1.09 bits per heavy atom. The Morgan fingerprint density at radius 3 is 2.26 bits per heavy atom. The zero-order chi connectivity index (χ0) is 16.8. The highest BCUT2D eigenvalue weighted by Crippen LogP contribution is 2.26. The second-order valence-electron chi connectivity index (χ2n) is 5.85. The Morgan fingerprint density at radius 2 is 1.70 bits per heavy atom. The van der Waals surface area contributed by atoms with Gasteiger partial charge in [0, 0.05) is 22.0 Å². The quantitative estimate of drug-likeness (QED) is 0.637. The number of hydrogen-bond acceptors (Lipinski definition) is 2. The molecule has 0 radical (unpaired) electrons. The number of halogens is 2. The summed E-state index contributed by atoms with van der Waals surface area (Å²) in [6, 6.07) is 13.3. The van der Waals surface area contributed by atoms with Crippen molar-refractivity contribution in [3.8, 4) is 5.75 Å². The number of benzene rings is 2. The van der Waals surface area contributed by atoms with Crippen LogP contribution in [0.2, 0.25) is 10.0 Å². The summed E-state index contributed by atoms with van der Waals surface area (Å²) in [7, 11) is 0. The third-order valence-corrected chi connectivity index (χ3v) is 4.30. The van der Waals surface area contributed by atoms with Crippen LogP contribution in [0.4, 0.5) is 0 Å². The van der Waals surface area contributed by atoms with E-state index >= 15 is 0 Å². The number of ketones is 1. The minimum absolute atomic E-state index is 0.231. The number of carbonyl (C=O) groups is 1. The number of ether oxygens (including phenoxy) is 1. The zero-order valence-corrected chi connectivity index (χ0v) is 14.8. The van der Waals surface area contributed by atoms with Crippen molar-refractivity contribution in [3.05, 3.63) is 63.6 Å². The summed E-state index contributed by atoms with van der Waals surface area (Å²) < 4.78 is 5.76. The minimum atomic E-state index is 0.231. The van der Waals surface area contributed by atoms with E-state index in [0.717, 1.165) is 17.7 Å². The van der Waals surface area contributed by atoms with Crippen molar-refractivity contribution in [2.75, 3.05) is 0 Å². The molecule has 0 saturated heterocycles. The van der Waals surface area contributed by atoms with Gasteiger partial charge in [-0.05, 0) is 49.1 Å². The molecule has 0 aliphatic carbocycles. The maximum absolute atomic E-state index is 11.1. The van der Waals surface area contributed by atoms with Crippen LogP contribution in [0.1, 0.15) is 31.4 Å². The monoisotopic (exact) mass is 350 g/mol. The molecule has 0 amide bonds. The van der Waals surface area contributed by atoms with Crippen molar-refractivity contribution >= 4 is 29.0 Å². The van der Waals surface area contributed by atoms with Gasteiger partial charge in [-0.2, -0.15) is 0 Å². The molecule has 2 aromatic rings. The van der Waals surface area contributed by atoms with Gasteiger partial charge in [-0.1, -0.05) is 48.3 Å². The van der Waals surface area contributed by atoms with Crippen molar-refractivity contribution < 1.29 is 9.53 Å². The first-order chi connectivity index (χ1) is 11.0. The van der Waals surface area contributed by atoms with Gasteiger partial charge in [-0.3, -0.25) is 0 Å². The molecule has 0 unspecified atom stereocenters. The van der Waals surface area contributed by atoms with Crippen molar-refractivity contribution in [2.45, 2.75) is 33.3 Å². The lowest BCUT2D eigenvalue weighted by Crippen LogP contribution is -2.05. The van der Waals surface area contributed by atoms with Crippen LogP contribution in [0, 0.1) is 5.92 Å². The van der Waals surface area contributed by atoms with Crippen molar-refractivity contribution in [3.63, 3.8) is 0 Å². The Kier molecular flexibility index (Phi) is 6.49.